The molecule has 0 saturated heterocycles. The predicted octanol–water partition coefficient (Wildman–Crippen LogP) is 4.24. The Kier molecular flexibility index (Phi) is 6.47. The molecule has 0 amide bonds. The Morgan fingerprint density at radius 3 is 2.75 bits per heavy atom. The van der Waals surface area contributed by atoms with Crippen LogP contribution < -0.4 is 5.32 Å². The molecule has 3 heteroatoms. The van der Waals surface area contributed by atoms with Crippen molar-refractivity contribution in [1.29, 1.82) is 0 Å². The topological polar surface area (TPSA) is 12.0 Å². The molecule has 1 nitrogen and oxygen atoms in total. The smallest absolute Gasteiger partial charge is 0.0390 e. The molecule has 0 bridgehead atoms. The second-order valence-electron chi connectivity index (χ2n) is 4.24. The second-order valence-corrected chi connectivity index (χ2v) is 6.58. The minimum atomic E-state index is 0.488. The van der Waals surface area contributed by atoms with E-state index in [1.807, 2.05) is 23.1 Å². The molecule has 0 aliphatic heterocycles. The van der Waals surface area contributed by atoms with E-state index >= 15 is 0 Å². The Labute approximate surface area is 108 Å². The van der Waals surface area contributed by atoms with Gasteiger partial charge < -0.3 is 5.32 Å². The third kappa shape index (κ3) is 4.48. The lowest BCUT2D eigenvalue weighted by Gasteiger charge is -2.19. The summed E-state index contributed by atoms with van der Waals surface area (Å²) in [5.41, 5.74) is 1.42. The number of aryl methyl sites for hydroxylation is 1. The summed E-state index contributed by atoms with van der Waals surface area (Å²) < 4.78 is 0. The van der Waals surface area contributed by atoms with Gasteiger partial charge in [0, 0.05) is 17.0 Å². The van der Waals surface area contributed by atoms with Crippen molar-refractivity contribution in [3.05, 3.63) is 21.9 Å². The third-order valence-electron chi connectivity index (χ3n) is 2.73. The van der Waals surface area contributed by atoms with Gasteiger partial charge in [0.15, 0.2) is 0 Å². The van der Waals surface area contributed by atoms with Crippen molar-refractivity contribution in [2.24, 2.45) is 0 Å². The molecule has 0 radical (unpaired) electrons. The molecule has 0 spiro atoms. The van der Waals surface area contributed by atoms with Gasteiger partial charge in [-0.15, -0.1) is 11.3 Å². The molecule has 2 unspecified atom stereocenters. The van der Waals surface area contributed by atoms with Gasteiger partial charge in [0.05, 0.1) is 0 Å². The molecular weight excluding hydrogens is 234 g/mol. The fourth-order valence-electron chi connectivity index (χ4n) is 1.82. The monoisotopic (exact) mass is 257 g/mol. The lowest BCUT2D eigenvalue weighted by Crippen LogP contribution is -2.29. The van der Waals surface area contributed by atoms with Gasteiger partial charge >= 0.3 is 0 Å². The van der Waals surface area contributed by atoms with Crippen molar-refractivity contribution in [2.45, 2.75) is 46.2 Å². The highest BCUT2D eigenvalue weighted by Gasteiger charge is 2.12. The normalized spacial score (nSPS) is 15.0. The highest BCUT2D eigenvalue weighted by molar-refractivity contribution is 7.99. The predicted molar refractivity (Wildman–Crippen MR) is 77.7 cm³/mol. The standard InChI is InChI=1S/C13H23NS2/c1-5-15-8-7-11(3)14-12(4)13-10(2)6-9-16-13/h6,9,11-12,14H,5,7-8H2,1-4H3. The first kappa shape index (κ1) is 14.1. The summed E-state index contributed by atoms with van der Waals surface area (Å²) in [5.74, 6) is 2.49. The Bertz CT molecular complexity index is 296. The molecule has 1 rings (SSSR count). The van der Waals surface area contributed by atoms with Crippen LogP contribution in [0.3, 0.4) is 0 Å². The summed E-state index contributed by atoms with van der Waals surface area (Å²) in [5, 5.41) is 5.86. The van der Waals surface area contributed by atoms with E-state index in [0.717, 1.165) is 0 Å². The lowest BCUT2D eigenvalue weighted by atomic mass is 10.1. The first-order valence-corrected chi connectivity index (χ1v) is 8.06. The summed E-state index contributed by atoms with van der Waals surface area (Å²) in [4.78, 5) is 1.48. The fourth-order valence-corrected chi connectivity index (χ4v) is 3.57. The number of nitrogens with one attached hydrogen (secondary N) is 1. The number of thioether (sulfide) groups is 1. The second kappa shape index (κ2) is 7.36. The van der Waals surface area contributed by atoms with E-state index < -0.39 is 0 Å². The van der Waals surface area contributed by atoms with Gasteiger partial charge in [-0.3, -0.25) is 0 Å². The first-order valence-electron chi connectivity index (χ1n) is 6.03. The van der Waals surface area contributed by atoms with Crippen molar-refractivity contribution in [1.82, 2.24) is 5.32 Å². The highest BCUT2D eigenvalue weighted by atomic mass is 32.2. The Hall–Kier alpha value is 0.0100. The van der Waals surface area contributed by atoms with Crippen molar-refractivity contribution < 1.29 is 0 Å². The van der Waals surface area contributed by atoms with E-state index in [4.69, 9.17) is 0 Å². The number of rotatable bonds is 7. The lowest BCUT2D eigenvalue weighted by molar-refractivity contribution is 0.475. The largest absolute Gasteiger partial charge is 0.307 e. The van der Waals surface area contributed by atoms with Crippen molar-refractivity contribution in [3.8, 4) is 0 Å². The Morgan fingerprint density at radius 2 is 2.19 bits per heavy atom. The number of hydrogen-bond donors (Lipinski definition) is 1. The number of thiophene rings is 1. The van der Waals surface area contributed by atoms with Gasteiger partial charge in [-0.25, -0.2) is 0 Å². The average molecular weight is 257 g/mol. The van der Waals surface area contributed by atoms with Gasteiger partial charge in [-0.2, -0.15) is 11.8 Å². The summed E-state index contributed by atoms with van der Waals surface area (Å²) in [6.45, 7) is 8.97. The van der Waals surface area contributed by atoms with Crippen LogP contribution in [-0.2, 0) is 0 Å². The van der Waals surface area contributed by atoms with E-state index in [0.29, 0.717) is 12.1 Å². The van der Waals surface area contributed by atoms with Crippen LogP contribution in [-0.4, -0.2) is 17.5 Å². The fraction of sp³-hybridized carbons (Fsp3) is 0.692. The molecule has 0 aliphatic carbocycles. The maximum atomic E-state index is 3.68. The zero-order chi connectivity index (χ0) is 12.0. The SMILES string of the molecule is CCSCCC(C)NC(C)c1sccc1C. The molecule has 0 fully saturated rings. The molecule has 16 heavy (non-hydrogen) atoms. The molecule has 0 aliphatic rings. The van der Waals surface area contributed by atoms with Crippen LogP contribution >= 0.6 is 23.1 Å². The van der Waals surface area contributed by atoms with Gasteiger partial charge in [0.1, 0.15) is 0 Å². The van der Waals surface area contributed by atoms with Crippen LogP contribution in [0, 0.1) is 6.92 Å². The molecular formula is C13H23NS2. The Balaban J connectivity index is 2.33. The van der Waals surface area contributed by atoms with Crippen LogP contribution in [0.4, 0.5) is 0 Å². The number of hydrogen-bond acceptors (Lipinski definition) is 3. The summed E-state index contributed by atoms with van der Waals surface area (Å²) >= 11 is 3.89. The molecule has 1 aromatic rings. The molecule has 92 valence electrons. The summed E-state index contributed by atoms with van der Waals surface area (Å²) in [6, 6.07) is 3.30. The molecule has 1 heterocycles. The highest BCUT2D eigenvalue weighted by Crippen LogP contribution is 2.24. The van der Waals surface area contributed by atoms with Gasteiger partial charge in [0.2, 0.25) is 0 Å². The third-order valence-corrected chi connectivity index (χ3v) is 4.86. The van der Waals surface area contributed by atoms with Gasteiger partial charge in [-0.05, 0) is 55.7 Å². The molecule has 0 aromatic carbocycles. The van der Waals surface area contributed by atoms with Gasteiger partial charge in [-0.1, -0.05) is 6.92 Å². The molecule has 0 saturated carbocycles. The minimum absolute atomic E-state index is 0.488. The van der Waals surface area contributed by atoms with Crippen molar-refractivity contribution in [3.63, 3.8) is 0 Å². The van der Waals surface area contributed by atoms with E-state index in [9.17, 15) is 0 Å². The van der Waals surface area contributed by atoms with Crippen LogP contribution in [0.2, 0.25) is 0 Å². The van der Waals surface area contributed by atoms with Gasteiger partial charge in [0.25, 0.3) is 0 Å². The van der Waals surface area contributed by atoms with E-state index in [1.165, 1.54) is 28.4 Å². The van der Waals surface area contributed by atoms with E-state index in [-0.39, 0.29) is 0 Å². The summed E-state index contributed by atoms with van der Waals surface area (Å²) in [7, 11) is 0. The van der Waals surface area contributed by atoms with E-state index in [2.05, 4.69) is 44.5 Å². The van der Waals surface area contributed by atoms with Crippen LogP contribution in [0.15, 0.2) is 11.4 Å². The van der Waals surface area contributed by atoms with Crippen LogP contribution in [0.1, 0.15) is 43.7 Å². The molecule has 2 atom stereocenters. The van der Waals surface area contributed by atoms with Crippen molar-refractivity contribution >= 4 is 23.1 Å². The first-order chi connectivity index (χ1) is 7.65. The van der Waals surface area contributed by atoms with Crippen LogP contribution in [0.5, 0.6) is 0 Å². The zero-order valence-corrected chi connectivity index (χ0v) is 12.4. The maximum absolute atomic E-state index is 3.68. The quantitative estimate of drug-likeness (QED) is 0.733. The summed E-state index contributed by atoms with van der Waals surface area (Å²) in [6.07, 6.45) is 1.26. The maximum Gasteiger partial charge on any atom is 0.0390 e. The minimum Gasteiger partial charge on any atom is -0.307 e. The van der Waals surface area contributed by atoms with E-state index in [1.54, 1.807) is 0 Å². The zero-order valence-electron chi connectivity index (χ0n) is 10.7. The molecule has 1 aromatic heterocycles. The average Bonchev–Trinajstić information content (AvgIpc) is 2.65. The van der Waals surface area contributed by atoms with Crippen molar-refractivity contribution in [2.75, 3.05) is 11.5 Å². The Morgan fingerprint density at radius 1 is 1.44 bits per heavy atom. The molecule has 1 N–H and O–H groups in total. The van der Waals surface area contributed by atoms with Crippen LogP contribution in [0.25, 0.3) is 0 Å².